The Hall–Kier alpha value is -3.06. The molecule has 3 aliphatic heterocycles. The Morgan fingerprint density at radius 1 is 1.18 bits per heavy atom. The number of carbonyl (C=O) groups excluding carboxylic acids is 1. The molecule has 0 bridgehead atoms. The molecule has 2 unspecified atom stereocenters. The Labute approximate surface area is 168 Å². The van der Waals surface area contributed by atoms with Gasteiger partial charge in [0.05, 0.1) is 23.6 Å². The average molecular weight is 436 g/mol. The average Bonchev–Trinajstić information content (AvgIpc) is 3.42. The van der Waals surface area contributed by atoms with Crippen molar-refractivity contribution in [2.75, 3.05) is 5.32 Å². The summed E-state index contributed by atoms with van der Waals surface area (Å²) >= 11 is 3.52. The highest BCUT2D eigenvalue weighted by Crippen LogP contribution is 2.54. The lowest BCUT2D eigenvalue weighted by Gasteiger charge is -2.43. The quantitative estimate of drug-likeness (QED) is 0.615. The molecule has 138 valence electrons. The number of hydrazone groups is 1. The summed E-state index contributed by atoms with van der Waals surface area (Å²) in [5, 5.41) is 9.57. The molecular formula is C21H14BrN3O3. The van der Waals surface area contributed by atoms with Gasteiger partial charge in [0.15, 0.2) is 0 Å². The number of fused-ring (bicyclic) bond motifs is 6. The second-order valence-corrected chi connectivity index (χ2v) is 7.93. The van der Waals surface area contributed by atoms with Crippen molar-refractivity contribution in [1.82, 2.24) is 5.01 Å². The molecule has 1 amide bonds. The third-order valence-corrected chi connectivity index (χ3v) is 5.97. The zero-order valence-electron chi connectivity index (χ0n) is 14.6. The van der Waals surface area contributed by atoms with Crippen LogP contribution in [0.15, 0.2) is 74.9 Å². The molecule has 3 aliphatic rings. The number of anilines is 1. The summed E-state index contributed by atoms with van der Waals surface area (Å²) in [7, 11) is 0. The highest BCUT2D eigenvalue weighted by Gasteiger charge is 2.61. The van der Waals surface area contributed by atoms with E-state index in [9.17, 15) is 4.79 Å². The van der Waals surface area contributed by atoms with Crippen molar-refractivity contribution in [3.05, 3.63) is 82.2 Å². The third-order valence-electron chi connectivity index (χ3n) is 5.48. The number of nitrogens with one attached hydrogen (secondary N) is 1. The Bertz CT molecular complexity index is 1160. The first-order chi connectivity index (χ1) is 13.7. The number of carbonyl (C=O) groups is 1. The summed E-state index contributed by atoms with van der Waals surface area (Å²) in [6, 6.07) is 17.1. The summed E-state index contributed by atoms with van der Waals surface area (Å²) in [6.07, 6.45) is 2.26. The molecule has 1 aromatic heterocycles. The molecule has 2 aromatic carbocycles. The smallest absolute Gasteiger partial charge is 0.306 e. The van der Waals surface area contributed by atoms with E-state index in [2.05, 4.69) is 21.2 Å². The first-order valence-electron chi connectivity index (χ1n) is 8.97. The number of rotatable bonds is 1. The van der Waals surface area contributed by atoms with Crippen LogP contribution >= 0.6 is 15.9 Å². The Kier molecular flexibility index (Phi) is 3.12. The van der Waals surface area contributed by atoms with Gasteiger partial charge in [0.1, 0.15) is 17.2 Å². The van der Waals surface area contributed by atoms with Gasteiger partial charge in [-0.05, 0) is 36.4 Å². The molecule has 0 saturated carbocycles. The second kappa shape index (κ2) is 5.48. The van der Waals surface area contributed by atoms with Crippen molar-refractivity contribution in [3.8, 4) is 5.75 Å². The van der Waals surface area contributed by atoms with Crippen molar-refractivity contribution in [1.29, 1.82) is 0 Å². The maximum Gasteiger partial charge on any atom is 0.306 e. The fraction of sp³-hybridized carbons (Fsp3) is 0.143. The molecule has 0 saturated heterocycles. The van der Waals surface area contributed by atoms with Crippen LogP contribution in [0.4, 0.5) is 5.69 Å². The zero-order chi connectivity index (χ0) is 18.9. The van der Waals surface area contributed by atoms with Crippen molar-refractivity contribution < 1.29 is 13.9 Å². The number of halogens is 1. The van der Waals surface area contributed by atoms with Crippen LogP contribution in [0.1, 0.15) is 29.3 Å². The zero-order valence-corrected chi connectivity index (χ0v) is 16.1. The van der Waals surface area contributed by atoms with Gasteiger partial charge in [-0.25, -0.2) is 5.01 Å². The van der Waals surface area contributed by atoms with Crippen LogP contribution < -0.4 is 10.1 Å². The maximum atomic E-state index is 13.3. The van der Waals surface area contributed by atoms with Crippen molar-refractivity contribution in [2.24, 2.45) is 5.10 Å². The van der Waals surface area contributed by atoms with Gasteiger partial charge >= 0.3 is 5.72 Å². The predicted molar refractivity (Wildman–Crippen MR) is 106 cm³/mol. The maximum absolute atomic E-state index is 13.3. The lowest BCUT2D eigenvalue weighted by Crippen LogP contribution is -2.55. The van der Waals surface area contributed by atoms with Gasteiger partial charge in [-0.3, -0.25) is 4.79 Å². The summed E-state index contributed by atoms with van der Waals surface area (Å²) < 4.78 is 12.9. The van der Waals surface area contributed by atoms with E-state index in [1.54, 1.807) is 11.3 Å². The van der Waals surface area contributed by atoms with E-state index in [-0.39, 0.29) is 11.9 Å². The molecule has 0 aliphatic carbocycles. The number of nitrogens with zero attached hydrogens (tertiary/aromatic N) is 2. The summed E-state index contributed by atoms with van der Waals surface area (Å²) in [5.74, 6) is 1.15. The minimum Gasteiger partial charge on any atom is -0.463 e. The van der Waals surface area contributed by atoms with Gasteiger partial charge in [0.25, 0.3) is 5.91 Å². The molecule has 0 radical (unpaired) electrons. The number of para-hydroxylation sites is 1. The predicted octanol–water partition coefficient (Wildman–Crippen LogP) is 4.39. The van der Waals surface area contributed by atoms with E-state index >= 15 is 0 Å². The molecule has 7 heteroatoms. The molecule has 4 heterocycles. The molecule has 2 atom stereocenters. The normalized spacial score (nSPS) is 24.3. The van der Waals surface area contributed by atoms with Gasteiger partial charge in [0, 0.05) is 16.5 Å². The van der Waals surface area contributed by atoms with Crippen LogP contribution in [0.25, 0.3) is 0 Å². The monoisotopic (exact) mass is 435 g/mol. The highest BCUT2D eigenvalue weighted by atomic mass is 79.9. The number of furan rings is 1. The van der Waals surface area contributed by atoms with E-state index in [4.69, 9.17) is 14.3 Å². The van der Waals surface area contributed by atoms with Crippen molar-refractivity contribution in [3.63, 3.8) is 0 Å². The largest absolute Gasteiger partial charge is 0.463 e. The first-order valence-corrected chi connectivity index (χ1v) is 9.76. The van der Waals surface area contributed by atoms with Gasteiger partial charge in [0.2, 0.25) is 0 Å². The number of hydrogen-bond acceptors (Lipinski definition) is 5. The van der Waals surface area contributed by atoms with Crippen LogP contribution in [0.5, 0.6) is 5.75 Å². The molecule has 28 heavy (non-hydrogen) atoms. The summed E-state index contributed by atoms with van der Waals surface area (Å²) in [6.45, 7) is 0. The highest BCUT2D eigenvalue weighted by molar-refractivity contribution is 9.10. The van der Waals surface area contributed by atoms with Crippen molar-refractivity contribution >= 4 is 33.2 Å². The molecule has 0 fully saturated rings. The topological polar surface area (TPSA) is 67.1 Å². The summed E-state index contributed by atoms with van der Waals surface area (Å²) in [4.78, 5) is 13.3. The van der Waals surface area contributed by atoms with Gasteiger partial charge in [-0.15, -0.1) is 0 Å². The minimum atomic E-state index is -1.35. The number of ether oxygens (including phenoxy) is 1. The molecule has 1 N–H and O–H groups in total. The van der Waals surface area contributed by atoms with Crippen LogP contribution in [0.2, 0.25) is 0 Å². The Morgan fingerprint density at radius 2 is 2.07 bits per heavy atom. The second-order valence-electron chi connectivity index (χ2n) is 7.02. The third kappa shape index (κ3) is 1.97. The molecule has 6 rings (SSSR count). The van der Waals surface area contributed by atoms with E-state index < -0.39 is 5.72 Å². The fourth-order valence-electron chi connectivity index (χ4n) is 4.25. The van der Waals surface area contributed by atoms with Gasteiger partial charge < -0.3 is 14.5 Å². The molecular weight excluding hydrogens is 422 g/mol. The van der Waals surface area contributed by atoms with Crippen LogP contribution in [-0.2, 0) is 10.5 Å². The number of amides is 1. The van der Waals surface area contributed by atoms with Gasteiger partial charge in [-0.2, -0.15) is 5.10 Å². The van der Waals surface area contributed by atoms with E-state index in [0.717, 1.165) is 27.0 Å². The standard InChI is InChI=1S/C21H14BrN3O3/c22-12-7-8-15-14(10-12)21(20(26)23-15)25-17(13-4-1-2-5-18(13)28-21)11-16(24-25)19-6-3-9-27-19/h1-10,17H,11H2,(H,23,26). The summed E-state index contributed by atoms with van der Waals surface area (Å²) in [5.41, 5.74) is 1.93. The lowest BCUT2D eigenvalue weighted by molar-refractivity contribution is -0.161. The van der Waals surface area contributed by atoms with E-state index in [1.165, 1.54) is 0 Å². The minimum absolute atomic E-state index is 0.124. The SMILES string of the molecule is O=C1Nc2ccc(Br)cc2C12Oc1ccccc1C1CC(c3ccco3)=NN12. The van der Waals surface area contributed by atoms with Crippen molar-refractivity contribution in [2.45, 2.75) is 18.2 Å². The van der Waals surface area contributed by atoms with Gasteiger partial charge in [-0.1, -0.05) is 34.1 Å². The first kappa shape index (κ1) is 15.9. The number of benzene rings is 2. The fourth-order valence-corrected chi connectivity index (χ4v) is 4.61. The molecule has 1 spiro atoms. The Balaban J connectivity index is 1.60. The van der Waals surface area contributed by atoms with E-state index in [0.29, 0.717) is 17.9 Å². The number of hydrogen-bond donors (Lipinski definition) is 1. The van der Waals surface area contributed by atoms with Crippen LogP contribution in [0.3, 0.4) is 0 Å². The van der Waals surface area contributed by atoms with Crippen LogP contribution in [-0.4, -0.2) is 16.6 Å². The molecule has 3 aromatic rings. The van der Waals surface area contributed by atoms with Crippen LogP contribution in [0, 0.1) is 0 Å². The van der Waals surface area contributed by atoms with E-state index in [1.807, 2.05) is 54.6 Å². The lowest BCUT2D eigenvalue weighted by atomic mass is 9.93. The molecule has 6 nitrogen and oxygen atoms in total. The Morgan fingerprint density at radius 3 is 2.93 bits per heavy atom.